The summed E-state index contributed by atoms with van der Waals surface area (Å²) in [5, 5.41) is 6.50. The third kappa shape index (κ3) is 1.84. The molecule has 3 heterocycles. The molecule has 1 aliphatic heterocycles. The van der Waals surface area contributed by atoms with E-state index in [1.54, 1.807) is 10.6 Å². The van der Waals surface area contributed by atoms with E-state index in [0.29, 0.717) is 24.3 Å². The highest BCUT2D eigenvalue weighted by atomic mass is 32.2. The van der Waals surface area contributed by atoms with Gasteiger partial charge >= 0.3 is 0 Å². The summed E-state index contributed by atoms with van der Waals surface area (Å²) in [5.41, 5.74) is 0.492. The van der Waals surface area contributed by atoms with Gasteiger partial charge in [0.15, 0.2) is 15.3 Å². The van der Waals surface area contributed by atoms with Crippen molar-refractivity contribution < 1.29 is 8.42 Å². The quantitative estimate of drug-likeness (QED) is 0.839. The van der Waals surface area contributed by atoms with E-state index in [1.165, 1.54) is 12.1 Å². The zero-order chi connectivity index (χ0) is 12.8. The first-order valence-corrected chi connectivity index (χ1v) is 7.55. The van der Waals surface area contributed by atoms with E-state index in [4.69, 9.17) is 0 Å². The number of rotatable bonds is 2. The van der Waals surface area contributed by atoms with Gasteiger partial charge in [0.1, 0.15) is 11.5 Å². The maximum absolute atomic E-state index is 11.8. The maximum atomic E-state index is 11.8. The van der Waals surface area contributed by atoms with E-state index in [9.17, 15) is 13.2 Å². The van der Waals surface area contributed by atoms with Gasteiger partial charge in [0.05, 0.1) is 11.0 Å². The molecular weight excluding hydrogens is 254 g/mol. The fourth-order valence-corrected chi connectivity index (χ4v) is 4.23. The number of nitrogens with one attached hydrogen (secondary N) is 1. The second-order valence-corrected chi connectivity index (χ2v) is 6.99. The minimum atomic E-state index is -2.97. The number of aromatic nitrogens is 3. The van der Waals surface area contributed by atoms with E-state index < -0.39 is 9.84 Å². The minimum absolute atomic E-state index is 0.0984. The normalized spacial score (nSPS) is 22.6. The molecule has 1 saturated heterocycles. The average molecular weight is 267 g/mol. The molecule has 1 N–H and O–H groups in total. The number of pyridine rings is 1. The molecular formula is C11H13N3O3S. The van der Waals surface area contributed by atoms with E-state index in [2.05, 4.69) is 10.2 Å². The Hall–Kier alpha value is -1.63. The van der Waals surface area contributed by atoms with Gasteiger partial charge < -0.3 is 0 Å². The molecule has 18 heavy (non-hydrogen) atoms. The number of fused-ring (bicyclic) bond motifs is 1. The van der Waals surface area contributed by atoms with Crippen LogP contribution in [0.3, 0.4) is 0 Å². The summed E-state index contributed by atoms with van der Waals surface area (Å²) >= 11 is 0. The molecule has 0 saturated carbocycles. The Morgan fingerprint density at radius 3 is 3.06 bits per heavy atom. The summed E-state index contributed by atoms with van der Waals surface area (Å²) in [6.07, 6.45) is 3.44. The highest BCUT2D eigenvalue weighted by molar-refractivity contribution is 7.92. The van der Waals surface area contributed by atoms with E-state index in [-0.39, 0.29) is 16.4 Å². The van der Waals surface area contributed by atoms with Crippen molar-refractivity contribution in [2.24, 2.45) is 0 Å². The smallest absolute Gasteiger partial charge is 0.183 e. The molecule has 0 amide bonds. The number of aromatic amines is 1. The summed E-state index contributed by atoms with van der Waals surface area (Å²) < 4.78 is 25.3. The first-order valence-electron chi connectivity index (χ1n) is 5.83. The monoisotopic (exact) mass is 267 g/mol. The van der Waals surface area contributed by atoms with Crippen molar-refractivity contribution in [3.63, 3.8) is 0 Å². The van der Waals surface area contributed by atoms with Crippen LogP contribution in [-0.2, 0) is 16.3 Å². The standard InChI is InChI=1S/C11H13N3O3S/c15-8-3-4-14-10(6-8)12-13-11(14)7-9-2-1-5-18(9,16)17/h3-4,6,9,12H,1-2,5,7H2. The second-order valence-electron chi connectivity index (χ2n) is 4.59. The third-order valence-corrected chi connectivity index (χ3v) is 5.65. The lowest BCUT2D eigenvalue weighted by Gasteiger charge is -2.07. The Morgan fingerprint density at radius 2 is 2.33 bits per heavy atom. The first kappa shape index (κ1) is 11.5. The Bertz CT molecular complexity index is 744. The van der Waals surface area contributed by atoms with Crippen molar-refractivity contribution in [2.45, 2.75) is 24.5 Å². The van der Waals surface area contributed by atoms with Crippen molar-refractivity contribution >= 4 is 15.5 Å². The fourth-order valence-electron chi connectivity index (χ4n) is 2.40. The molecule has 0 radical (unpaired) electrons. The van der Waals surface area contributed by atoms with Crippen molar-refractivity contribution in [1.29, 1.82) is 0 Å². The number of nitrogens with zero attached hydrogens (tertiary/aromatic N) is 2. The number of hydrogen-bond donors (Lipinski definition) is 1. The molecule has 7 heteroatoms. The van der Waals surface area contributed by atoms with Crippen LogP contribution >= 0.6 is 0 Å². The van der Waals surface area contributed by atoms with Gasteiger partial charge in [0, 0.05) is 24.8 Å². The van der Waals surface area contributed by atoms with Gasteiger partial charge in [-0.1, -0.05) is 0 Å². The van der Waals surface area contributed by atoms with E-state index in [1.807, 2.05) is 0 Å². The molecule has 0 aromatic carbocycles. The van der Waals surface area contributed by atoms with Crippen LogP contribution in [0.15, 0.2) is 23.1 Å². The van der Waals surface area contributed by atoms with Crippen LogP contribution in [0.2, 0.25) is 0 Å². The molecule has 3 rings (SSSR count). The molecule has 2 aromatic heterocycles. The van der Waals surface area contributed by atoms with Crippen LogP contribution in [0.4, 0.5) is 0 Å². The largest absolute Gasteiger partial charge is 0.290 e. The lowest BCUT2D eigenvalue weighted by molar-refractivity contribution is 0.585. The molecule has 0 aliphatic carbocycles. The Morgan fingerprint density at radius 1 is 1.50 bits per heavy atom. The molecule has 2 aromatic rings. The minimum Gasteiger partial charge on any atom is -0.290 e. The van der Waals surface area contributed by atoms with Crippen LogP contribution < -0.4 is 5.43 Å². The van der Waals surface area contributed by atoms with Crippen LogP contribution in [-0.4, -0.2) is 34.0 Å². The van der Waals surface area contributed by atoms with Gasteiger partial charge in [-0.15, -0.1) is 0 Å². The van der Waals surface area contributed by atoms with Gasteiger partial charge in [-0.2, -0.15) is 5.10 Å². The first-order chi connectivity index (χ1) is 8.56. The average Bonchev–Trinajstić information content (AvgIpc) is 2.84. The van der Waals surface area contributed by atoms with Crippen molar-refractivity contribution in [1.82, 2.24) is 14.6 Å². The summed E-state index contributed by atoms with van der Waals surface area (Å²) in [5.74, 6) is 0.926. The number of H-pyrrole nitrogens is 1. The number of sulfone groups is 1. The summed E-state index contributed by atoms with van der Waals surface area (Å²) in [4.78, 5) is 11.2. The SMILES string of the molecule is O=c1ccn2c(CC3CCCS3(=O)=O)n[nH]c2c1. The van der Waals surface area contributed by atoms with Gasteiger partial charge in [-0.25, -0.2) is 8.42 Å². The lowest BCUT2D eigenvalue weighted by atomic mass is 10.2. The molecule has 1 aliphatic rings. The predicted octanol–water partition coefficient (Wildman–Crippen LogP) is 0.142. The van der Waals surface area contributed by atoms with Gasteiger partial charge in [0.25, 0.3) is 0 Å². The van der Waals surface area contributed by atoms with Crippen LogP contribution in [0, 0.1) is 0 Å². The van der Waals surface area contributed by atoms with Gasteiger partial charge in [-0.05, 0) is 12.8 Å². The Labute approximate surface area is 104 Å². The fraction of sp³-hybridized carbons (Fsp3) is 0.455. The number of hydrogen-bond acceptors (Lipinski definition) is 4. The molecule has 6 nitrogen and oxygen atoms in total. The molecule has 0 bridgehead atoms. The zero-order valence-electron chi connectivity index (χ0n) is 9.67. The summed E-state index contributed by atoms with van der Waals surface area (Å²) in [6, 6.07) is 2.88. The predicted molar refractivity (Wildman–Crippen MR) is 66.3 cm³/mol. The van der Waals surface area contributed by atoms with E-state index >= 15 is 0 Å². The third-order valence-electron chi connectivity index (χ3n) is 3.38. The lowest BCUT2D eigenvalue weighted by Crippen LogP contribution is -2.20. The summed E-state index contributed by atoms with van der Waals surface area (Å²) in [6.45, 7) is 0. The molecule has 1 unspecified atom stereocenters. The van der Waals surface area contributed by atoms with Crippen molar-refractivity contribution in [3.05, 3.63) is 34.4 Å². The Balaban J connectivity index is 1.98. The van der Waals surface area contributed by atoms with E-state index in [0.717, 1.165) is 6.42 Å². The maximum Gasteiger partial charge on any atom is 0.183 e. The van der Waals surface area contributed by atoms with Crippen molar-refractivity contribution in [3.8, 4) is 0 Å². The van der Waals surface area contributed by atoms with Crippen LogP contribution in [0.25, 0.3) is 5.65 Å². The van der Waals surface area contributed by atoms with Crippen LogP contribution in [0.5, 0.6) is 0 Å². The molecule has 96 valence electrons. The molecule has 1 fully saturated rings. The highest BCUT2D eigenvalue weighted by Crippen LogP contribution is 2.23. The summed E-state index contributed by atoms with van der Waals surface area (Å²) in [7, 11) is -2.97. The topological polar surface area (TPSA) is 84.3 Å². The zero-order valence-corrected chi connectivity index (χ0v) is 10.5. The highest BCUT2D eigenvalue weighted by Gasteiger charge is 2.32. The van der Waals surface area contributed by atoms with Crippen molar-refractivity contribution in [2.75, 3.05) is 5.75 Å². The second kappa shape index (κ2) is 3.94. The van der Waals surface area contributed by atoms with Gasteiger partial charge in [-0.3, -0.25) is 14.3 Å². The molecule has 0 spiro atoms. The van der Waals surface area contributed by atoms with Crippen LogP contribution in [0.1, 0.15) is 18.7 Å². The van der Waals surface area contributed by atoms with Gasteiger partial charge in [0.2, 0.25) is 0 Å². The molecule has 1 atom stereocenters. The Kier molecular flexibility index (Phi) is 2.51.